The first-order valence-corrected chi connectivity index (χ1v) is 12.4. The summed E-state index contributed by atoms with van der Waals surface area (Å²) in [5, 5.41) is 1.69. The van der Waals surface area contributed by atoms with Gasteiger partial charge in [0.15, 0.2) is 15.0 Å². The summed E-state index contributed by atoms with van der Waals surface area (Å²) in [4.78, 5) is 3.15. The molecule has 0 aliphatic rings. The van der Waals surface area contributed by atoms with Crippen molar-refractivity contribution in [2.75, 3.05) is 10.5 Å². The lowest BCUT2D eigenvalue weighted by Crippen LogP contribution is -2.28. The first kappa shape index (κ1) is 22.2. The number of rotatable bonds is 7. The number of aromatic nitrogens is 1. The molecular weight excluding hydrogens is 461 g/mol. The molecule has 3 aromatic rings. The third-order valence-corrected chi connectivity index (χ3v) is 8.07. The molecule has 3 rings (SSSR count). The molecule has 1 atom stereocenters. The highest BCUT2D eigenvalue weighted by Gasteiger charge is 2.43. The van der Waals surface area contributed by atoms with Crippen LogP contribution in [0.4, 0.5) is 18.3 Å². The Hall–Kier alpha value is -2.44. The Kier molecular flexibility index (Phi) is 6.20. The van der Waals surface area contributed by atoms with E-state index in [1.807, 2.05) is 0 Å². The van der Waals surface area contributed by atoms with E-state index < -0.39 is 42.6 Å². The summed E-state index contributed by atoms with van der Waals surface area (Å²) in [5.41, 5.74) is -0.166. The summed E-state index contributed by atoms with van der Waals surface area (Å²) in [6.45, 7) is 0. The van der Waals surface area contributed by atoms with Crippen molar-refractivity contribution >= 4 is 36.3 Å². The molecule has 0 saturated carbocycles. The summed E-state index contributed by atoms with van der Waals surface area (Å²) in [6, 6.07) is 10.8. The van der Waals surface area contributed by atoms with Gasteiger partial charge in [-0.15, -0.1) is 11.3 Å². The van der Waals surface area contributed by atoms with Gasteiger partial charge in [0.2, 0.25) is 0 Å². The molecule has 12 heteroatoms. The van der Waals surface area contributed by atoms with Gasteiger partial charge < -0.3 is 0 Å². The van der Waals surface area contributed by atoms with E-state index in [4.69, 9.17) is 0 Å². The van der Waals surface area contributed by atoms with E-state index in [9.17, 15) is 30.0 Å². The number of hydrogen-bond acceptors (Lipinski definition) is 6. The minimum Gasteiger partial charge on any atom is -0.255 e. The van der Waals surface area contributed by atoms with Crippen molar-refractivity contribution in [3.63, 3.8) is 0 Å². The summed E-state index contributed by atoms with van der Waals surface area (Å²) >= 11 is 1.06. The molecule has 0 aliphatic carbocycles. The third kappa shape index (κ3) is 5.18. The lowest BCUT2D eigenvalue weighted by atomic mass is 10.0. The Morgan fingerprint density at radius 1 is 0.933 bits per heavy atom. The van der Waals surface area contributed by atoms with Crippen molar-refractivity contribution in [1.29, 1.82) is 0 Å². The number of sulfonamides is 1. The van der Waals surface area contributed by atoms with Gasteiger partial charge in [0, 0.05) is 11.6 Å². The molecule has 1 aromatic heterocycles. The highest BCUT2D eigenvalue weighted by molar-refractivity contribution is 7.93. The molecule has 0 fully saturated rings. The topological polar surface area (TPSA) is 93.2 Å². The van der Waals surface area contributed by atoms with Crippen LogP contribution in [0.15, 0.2) is 76.0 Å². The molecule has 30 heavy (non-hydrogen) atoms. The minimum atomic E-state index is -4.77. The van der Waals surface area contributed by atoms with Crippen LogP contribution in [-0.2, 0) is 19.9 Å². The smallest absolute Gasteiger partial charge is 0.255 e. The fourth-order valence-electron chi connectivity index (χ4n) is 2.65. The highest BCUT2D eigenvalue weighted by atomic mass is 32.2. The Balaban J connectivity index is 1.85. The first-order valence-electron chi connectivity index (χ1n) is 8.36. The van der Waals surface area contributed by atoms with E-state index in [-0.39, 0.29) is 15.6 Å². The van der Waals surface area contributed by atoms with Gasteiger partial charge >= 0.3 is 6.18 Å². The molecule has 0 bridgehead atoms. The average Bonchev–Trinajstić information content (AvgIpc) is 3.18. The van der Waals surface area contributed by atoms with Crippen LogP contribution in [0.2, 0.25) is 0 Å². The zero-order valence-electron chi connectivity index (χ0n) is 15.1. The van der Waals surface area contributed by atoms with Gasteiger partial charge in [-0.25, -0.2) is 21.8 Å². The Morgan fingerprint density at radius 3 is 2.07 bits per heavy atom. The second kappa shape index (κ2) is 8.36. The van der Waals surface area contributed by atoms with E-state index in [2.05, 4.69) is 9.71 Å². The second-order valence-electron chi connectivity index (χ2n) is 6.20. The predicted octanol–water partition coefficient (Wildman–Crippen LogP) is 4.06. The molecule has 0 amide bonds. The van der Waals surface area contributed by atoms with Crippen LogP contribution in [0.3, 0.4) is 0 Å². The molecule has 0 spiro atoms. The number of alkyl halides is 3. The van der Waals surface area contributed by atoms with Crippen LogP contribution < -0.4 is 4.72 Å². The monoisotopic (exact) mass is 476 g/mol. The number of sulfone groups is 1. The fourth-order valence-corrected chi connectivity index (χ4v) is 6.01. The standard InChI is InChI=1S/C18H15F3N2O4S3/c19-18(20,21)16(13-4-2-1-3-5-13)12-29(24,25)14-6-8-15(9-7-14)30(26,27)23-17-22-10-11-28-17/h1-11,16H,12H2,(H,22,23). The van der Waals surface area contributed by atoms with Crippen molar-refractivity contribution in [3.8, 4) is 0 Å². The predicted molar refractivity (Wildman–Crippen MR) is 107 cm³/mol. The number of halogens is 3. The van der Waals surface area contributed by atoms with Gasteiger partial charge in [0.1, 0.15) is 0 Å². The molecule has 1 N–H and O–H groups in total. The van der Waals surface area contributed by atoms with Crippen LogP contribution in [0.5, 0.6) is 0 Å². The summed E-state index contributed by atoms with van der Waals surface area (Å²) < 4.78 is 92.6. The van der Waals surface area contributed by atoms with E-state index in [0.29, 0.717) is 0 Å². The highest BCUT2D eigenvalue weighted by Crippen LogP contribution is 2.37. The van der Waals surface area contributed by atoms with Gasteiger partial charge in [0.05, 0.1) is 21.5 Å². The van der Waals surface area contributed by atoms with Crippen LogP contribution in [0.25, 0.3) is 0 Å². The number of anilines is 1. The quantitative estimate of drug-likeness (QED) is 0.555. The summed E-state index contributed by atoms with van der Waals surface area (Å²) in [7, 11) is -8.36. The number of thiazole rings is 1. The maximum atomic E-state index is 13.5. The van der Waals surface area contributed by atoms with Crippen LogP contribution in [0.1, 0.15) is 11.5 Å². The molecule has 2 aromatic carbocycles. The maximum absolute atomic E-state index is 13.5. The van der Waals surface area contributed by atoms with Gasteiger partial charge in [-0.3, -0.25) is 4.72 Å². The van der Waals surface area contributed by atoms with Crippen molar-refractivity contribution in [1.82, 2.24) is 4.98 Å². The summed E-state index contributed by atoms with van der Waals surface area (Å²) in [6.07, 6.45) is -3.36. The second-order valence-corrected chi connectivity index (χ2v) is 10.8. The van der Waals surface area contributed by atoms with E-state index in [1.54, 1.807) is 5.38 Å². The number of nitrogens with zero attached hydrogens (tertiary/aromatic N) is 1. The molecule has 1 unspecified atom stereocenters. The molecule has 1 heterocycles. The molecule has 0 aliphatic heterocycles. The number of benzene rings is 2. The lowest BCUT2D eigenvalue weighted by Gasteiger charge is -2.20. The van der Waals surface area contributed by atoms with Crippen LogP contribution in [-0.4, -0.2) is 33.7 Å². The molecular formula is C18H15F3N2O4S3. The van der Waals surface area contributed by atoms with Gasteiger partial charge in [-0.1, -0.05) is 30.3 Å². The van der Waals surface area contributed by atoms with Crippen molar-refractivity contribution in [2.45, 2.75) is 21.9 Å². The van der Waals surface area contributed by atoms with Crippen molar-refractivity contribution in [3.05, 3.63) is 71.7 Å². The molecule has 0 radical (unpaired) electrons. The van der Waals surface area contributed by atoms with Crippen molar-refractivity contribution < 1.29 is 30.0 Å². The number of nitrogens with one attached hydrogen (secondary N) is 1. The largest absolute Gasteiger partial charge is 0.396 e. The first-order chi connectivity index (χ1) is 14.0. The molecule has 6 nitrogen and oxygen atoms in total. The third-order valence-electron chi connectivity index (χ3n) is 4.13. The Morgan fingerprint density at radius 2 is 1.53 bits per heavy atom. The van der Waals surface area contributed by atoms with Gasteiger partial charge in [-0.2, -0.15) is 13.2 Å². The maximum Gasteiger partial charge on any atom is 0.396 e. The normalized spacial score (nSPS) is 13.7. The fraction of sp³-hybridized carbons (Fsp3) is 0.167. The van der Waals surface area contributed by atoms with Crippen molar-refractivity contribution in [2.24, 2.45) is 0 Å². The molecule has 160 valence electrons. The van der Waals surface area contributed by atoms with E-state index in [1.165, 1.54) is 36.5 Å². The zero-order valence-corrected chi connectivity index (χ0v) is 17.5. The minimum absolute atomic E-state index is 0.127. The van der Waals surface area contributed by atoms with Crippen LogP contribution >= 0.6 is 11.3 Å². The molecule has 0 saturated heterocycles. The lowest BCUT2D eigenvalue weighted by molar-refractivity contribution is -0.145. The van der Waals surface area contributed by atoms with Gasteiger partial charge in [0.25, 0.3) is 10.0 Å². The Bertz CT molecular complexity index is 1190. The van der Waals surface area contributed by atoms with Gasteiger partial charge in [-0.05, 0) is 29.8 Å². The Labute approximate surface area is 175 Å². The number of hydrogen-bond donors (Lipinski definition) is 1. The van der Waals surface area contributed by atoms with E-state index in [0.717, 1.165) is 35.6 Å². The SMILES string of the molecule is O=S(=O)(CC(c1ccccc1)C(F)(F)F)c1ccc(S(=O)(=O)Nc2nccs2)cc1. The van der Waals surface area contributed by atoms with E-state index >= 15 is 0 Å². The van der Waals surface area contributed by atoms with Crippen LogP contribution in [0, 0.1) is 0 Å². The average molecular weight is 477 g/mol. The zero-order chi connectivity index (χ0) is 22.0. The summed E-state index contributed by atoms with van der Waals surface area (Å²) in [5.74, 6) is -3.40.